The summed E-state index contributed by atoms with van der Waals surface area (Å²) in [6.45, 7) is 1.72. The predicted octanol–water partition coefficient (Wildman–Crippen LogP) is 0.774. The number of ether oxygens (including phenoxy) is 1. The second-order valence-corrected chi connectivity index (χ2v) is 3.51. The SMILES string of the molecule is Nc1cc(F)cc([C@@H]2COCCN2)c1O. The van der Waals surface area contributed by atoms with Crippen LogP contribution in [-0.2, 0) is 4.74 Å². The van der Waals surface area contributed by atoms with Crippen molar-refractivity contribution in [1.29, 1.82) is 0 Å². The number of nitrogen functional groups attached to an aromatic ring is 1. The molecule has 4 nitrogen and oxygen atoms in total. The van der Waals surface area contributed by atoms with Crippen molar-refractivity contribution in [2.24, 2.45) is 0 Å². The number of phenolic OH excluding ortho intramolecular Hbond substituents is 1. The van der Waals surface area contributed by atoms with Gasteiger partial charge in [-0.2, -0.15) is 0 Å². The highest BCUT2D eigenvalue weighted by Gasteiger charge is 2.20. The van der Waals surface area contributed by atoms with Crippen LogP contribution in [0.25, 0.3) is 0 Å². The molecule has 1 heterocycles. The van der Waals surface area contributed by atoms with E-state index in [2.05, 4.69) is 5.32 Å². The van der Waals surface area contributed by atoms with Gasteiger partial charge < -0.3 is 20.9 Å². The summed E-state index contributed by atoms with van der Waals surface area (Å²) in [5.41, 5.74) is 5.97. The van der Waals surface area contributed by atoms with E-state index in [-0.39, 0.29) is 17.5 Å². The lowest BCUT2D eigenvalue weighted by molar-refractivity contribution is 0.0760. The highest BCUT2D eigenvalue weighted by Crippen LogP contribution is 2.31. The first-order chi connectivity index (χ1) is 7.18. The molecule has 0 spiro atoms. The molecule has 82 valence electrons. The van der Waals surface area contributed by atoms with Crippen LogP contribution >= 0.6 is 0 Å². The van der Waals surface area contributed by atoms with Crippen molar-refractivity contribution < 1.29 is 14.2 Å². The molecule has 1 aromatic carbocycles. The summed E-state index contributed by atoms with van der Waals surface area (Å²) < 4.78 is 18.3. The first-order valence-electron chi connectivity index (χ1n) is 4.77. The zero-order valence-corrected chi connectivity index (χ0v) is 8.16. The van der Waals surface area contributed by atoms with Crippen LogP contribution in [0.3, 0.4) is 0 Å². The topological polar surface area (TPSA) is 67.5 Å². The molecule has 1 aliphatic heterocycles. The van der Waals surface area contributed by atoms with E-state index in [1.165, 1.54) is 6.07 Å². The van der Waals surface area contributed by atoms with Crippen LogP contribution in [0, 0.1) is 5.82 Å². The van der Waals surface area contributed by atoms with E-state index in [1.54, 1.807) is 0 Å². The Morgan fingerprint density at radius 2 is 2.33 bits per heavy atom. The van der Waals surface area contributed by atoms with Crippen molar-refractivity contribution in [2.75, 3.05) is 25.5 Å². The Morgan fingerprint density at radius 1 is 1.53 bits per heavy atom. The van der Waals surface area contributed by atoms with Gasteiger partial charge in [0.1, 0.15) is 11.6 Å². The van der Waals surface area contributed by atoms with Crippen molar-refractivity contribution in [3.05, 3.63) is 23.5 Å². The number of anilines is 1. The molecule has 4 N–H and O–H groups in total. The van der Waals surface area contributed by atoms with Gasteiger partial charge in [0, 0.05) is 18.2 Å². The lowest BCUT2D eigenvalue weighted by Crippen LogP contribution is -2.34. The second-order valence-electron chi connectivity index (χ2n) is 3.51. The van der Waals surface area contributed by atoms with Crippen molar-refractivity contribution >= 4 is 5.69 Å². The van der Waals surface area contributed by atoms with Crippen LogP contribution in [0.1, 0.15) is 11.6 Å². The third-order valence-corrected chi connectivity index (χ3v) is 2.43. The number of benzene rings is 1. The molecular formula is C10H13FN2O2. The number of hydrogen-bond donors (Lipinski definition) is 3. The van der Waals surface area contributed by atoms with Crippen molar-refractivity contribution in [3.63, 3.8) is 0 Å². The fourth-order valence-corrected chi connectivity index (χ4v) is 1.67. The van der Waals surface area contributed by atoms with Gasteiger partial charge in [-0.15, -0.1) is 0 Å². The summed E-state index contributed by atoms with van der Waals surface area (Å²) in [5.74, 6) is -0.521. The Morgan fingerprint density at radius 3 is 3.00 bits per heavy atom. The smallest absolute Gasteiger partial charge is 0.143 e. The maximum atomic E-state index is 13.1. The van der Waals surface area contributed by atoms with Crippen molar-refractivity contribution in [1.82, 2.24) is 5.32 Å². The standard InChI is InChI=1S/C10H13FN2O2/c11-6-3-7(10(14)8(12)4-6)9-5-15-2-1-13-9/h3-4,9,13-14H,1-2,5,12H2/t9-/m0/s1. The van der Waals surface area contributed by atoms with E-state index in [0.717, 1.165) is 6.07 Å². The van der Waals surface area contributed by atoms with Gasteiger partial charge in [0.15, 0.2) is 0 Å². The molecule has 1 aliphatic rings. The average Bonchev–Trinajstić information content (AvgIpc) is 2.24. The molecule has 2 rings (SSSR count). The maximum absolute atomic E-state index is 13.1. The molecule has 0 radical (unpaired) electrons. The number of rotatable bonds is 1. The first kappa shape index (κ1) is 10.2. The Kier molecular flexibility index (Phi) is 2.75. The Labute approximate surface area is 86.8 Å². The van der Waals surface area contributed by atoms with Crippen LogP contribution in [-0.4, -0.2) is 24.9 Å². The van der Waals surface area contributed by atoms with Crippen LogP contribution in [0.4, 0.5) is 10.1 Å². The largest absolute Gasteiger partial charge is 0.505 e. The van der Waals surface area contributed by atoms with E-state index in [9.17, 15) is 9.50 Å². The van der Waals surface area contributed by atoms with Crippen LogP contribution in [0.2, 0.25) is 0 Å². The van der Waals surface area contributed by atoms with Crippen LogP contribution in [0.15, 0.2) is 12.1 Å². The molecule has 1 saturated heterocycles. The van der Waals surface area contributed by atoms with Crippen LogP contribution in [0.5, 0.6) is 5.75 Å². The molecule has 0 saturated carbocycles. The summed E-state index contributed by atoms with van der Waals surface area (Å²) in [4.78, 5) is 0. The summed E-state index contributed by atoms with van der Waals surface area (Å²) in [5, 5.41) is 12.8. The number of nitrogens with two attached hydrogens (primary N) is 1. The normalized spacial score (nSPS) is 21.5. The summed E-state index contributed by atoms with van der Waals surface area (Å²) >= 11 is 0. The lowest BCUT2D eigenvalue weighted by Gasteiger charge is -2.25. The molecule has 5 heteroatoms. The number of morpholine rings is 1. The number of halogens is 1. The average molecular weight is 212 g/mol. The van der Waals surface area contributed by atoms with Gasteiger partial charge in [0.05, 0.1) is 24.9 Å². The zero-order chi connectivity index (χ0) is 10.8. The maximum Gasteiger partial charge on any atom is 0.143 e. The predicted molar refractivity (Wildman–Crippen MR) is 54.0 cm³/mol. The van der Waals surface area contributed by atoms with Gasteiger partial charge in [0.2, 0.25) is 0 Å². The highest BCUT2D eigenvalue weighted by atomic mass is 19.1. The van der Waals surface area contributed by atoms with Gasteiger partial charge >= 0.3 is 0 Å². The molecule has 0 aromatic heterocycles. The molecule has 0 aliphatic carbocycles. The molecule has 1 aromatic rings. The Balaban J connectivity index is 2.33. The number of nitrogens with one attached hydrogen (secondary N) is 1. The van der Waals surface area contributed by atoms with E-state index in [0.29, 0.717) is 25.3 Å². The minimum Gasteiger partial charge on any atom is -0.505 e. The highest BCUT2D eigenvalue weighted by molar-refractivity contribution is 5.57. The van der Waals surface area contributed by atoms with Crippen molar-refractivity contribution in [2.45, 2.75) is 6.04 Å². The van der Waals surface area contributed by atoms with E-state index in [4.69, 9.17) is 10.5 Å². The van der Waals surface area contributed by atoms with Gasteiger partial charge in [-0.25, -0.2) is 4.39 Å². The molecule has 1 atom stereocenters. The van der Waals surface area contributed by atoms with Gasteiger partial charge in [-0.1, -0.05) is 0 Å². The van der Waals surface area contributed by atoms with Gasteiger partial charge in [0.25, 0.3) is 0 Å². The Bertz CT molecular complexity index is 365. The molecule has 0 amide bonds. The minimum absolute atomic E-state index is 0.0531. The molecule has 0 bridgehead atoms. The van der Waals surface area contributed by atoms with Crippen LogP contribution < -0.4 is 11.1 Å². The summed E-state index contributed by atoms with van der Waals surface area (Å²) in [7, 11) is 0. The number of hydrogen-bond acceptors (Lipinski definition) is 4. The molecule has 1 fully saturated rings. The molecular weight excluding hydrogens is 199 g/mol. The fourth-order valence-electron chi connectivity index (χ4n) is 1.67. The van der Waals surface area contributed by atoms with Crippen molar-refractivity contribution in [3.8, 4) is 5.75 Å². The summed E-state index contributed by atoms with van der Waals surface area (Å²) in [6.07, 6.45) is 0. The lowest BCUT2D eigenvalue weighted by atomic mass is 10.0. The minimum atomic E-state index is -0.451. The molecule has 0 unspecified atom stereocenters. The van der Waals surface area contributed by atoms with E-state index >= 15 is 0 Å². The quantitative estimate of drug-likeness (QED) is 0.475. The second kappa shape index (κ2) is 4.04. The summed E-state index contributed by atoms with van der Waals surface area (Å²) in [6, 6.07) is 2.18. The van der Waals surface area contributed by atoms with Gasteiger partial charge in [-0.05, 0) is 6.07 Å². The fraction of sp³-hybridized carbons (Fsp3) is 0.400. The Hall–Kier alpha value is -1.33. The number of phenols is 1. The number of aromatic hydroxyl groups is 1. The first-order valence-corrected chi connectivity index (χ1v) is 4.77. The monoisotopic (exact) mass is 212 g/mol. The third-order valence-electron chi connectivity index (χ3n) is 2.43. The third kappa shape index (κ3) is 2.03. The van der Waals surface area contributed by atoms with Gasteiger partial charge in [-0.3, -0.25) is 0 Å². The van der Waals surface area contributed by atoms with E-state index < -0.39 is 5.82 Å². The zero-order valence-electron chi connectivity index (χ0n) is 8.16. The molecule has 15 heavy (non-hydrogen) atoms. The van der Waals surface area contributed by atoms with E-state index in [1.807, 2.05) is 0 Å².